The smallest absolute Gasteiger partial charge is 0.238 e. The quantitative estimate of drug-likeness (QED) is 0.810. The van der Waals surface area contributed by atoms with Gasteiger partial charge in [-0.1, -0.05) is 25.7 Å². The molecule has 5 nitrogen and oxygen atoms in total. The summed E-state index contributed by atoms with van der Waals surface area (Å²) in [6.45, 7) is 1.08. The van der Waals surface area contributed by atoms with E-state index in [2.05, 4.69) is 5.32 Å². The van der Waals surface area contributed by atoms with Crippen LogP contribution in [0.4, 0.5) is 0 Å². The highest BCUT2D eigenvalue weighted by Crippen LogP contribution is 2.34. The molecule has 6 heteroatoms. The van der Waals surface area contributed by atoms with Crippen LogP contribution in [-0.4, -0.2) is 38.4 Å². The number of carbonyl (C=O) groups excluding carboxylic acids is 1. The predicted octanol–water partition coefficient (Wildman–Crippen LogP) is 0.979. The largest absolute Gasteiger partial charge is 0.354 e. The van der Waals surface area contributed by atoms with E-state index < -0.39 is 15.1 Å². The normalized spacial score (nSPS) is 28.8. The molecule has 2 fully saturated rings. The first-order valence-electron chi connectivity index (χ1n) is 7.68. The lowest BCUT2D eigenvalue weighted by molar-refractivity contribution is -0.121. The molecule has 2 rings (SSSR count). The van der Waals surface area contributed by atoms with Crippen LogP contribution in [0, 0.1) is 5.41 Å². The van der Waals surface area contributed by atoms with E-state index in [1.165, 1.54) is 6.42 Å². The average Bonchev–Trinajstić information content (AvgIpc) is 2.45. The number of hydrogen-bond acceptors (Lipinski definition) is 4. The SMILES string of the molecule is NCC1(CNC(=O)C2CCCCS2(=O)=O)CCCCC1. The van der Waals surface area contributed by atoms with Crippen molar-refractivity contribution in [3.63, 3.8) is 0 Å². The number of hydrogen-bond donors (Lipinski definition) is 2. The fourth-order valence-electron chi connectivity index (χ4n) is 3.39. The topological polar surface area (TPSA) is 89.3 Å². The Bertz CT molecular complexity index is 441. The van der Waals surface area contributed by atoms with E-state index in [-0.39, 0.29) is 17.1 Å². The van der Waals surface area contributed by atoms with Crippen LogP contribution in [0.2, 0.25) is 0 Å². The predicted molar refractivity (Wildman–Crippen MR) is 79.0 cm³/mol. The van der Waals surface area contributed by atoms with Gasteiger partial charge in [0.05, 0.1) is 5.75 Å². The molecule has 1 saturated heterocycles. The molecule has 0 aromatic rings. The maximum atomic E-state index is 12.2. The van der Waals surface area contributed by atoms with Gasteiger partial charge in [-0.3, -0.25) is 4.79 Å². The zero-order valence-electron chi connectivity index (χ0n) is 12.1. The molecule has 1 atom stereocenters. The Hall–Kier alpha value is -0.620. The Morgan fingerprint density at radius 3 is 2.45 bits per heavy atom. The van der Waals surface area contributed by atoms with Crippen LogP contribution in [0.5, 0.6) is 0 Å². The van der Waals surface area contributed by atoms with Crippen LogP contribution in [0.3, 0.4) is 0 Å². The number of sulfone groups is 1. The molecule has 0 spiro atoms. The van der Waals surface area contributed by atoms with Crippen molar-refractivity contribution in [2.75, 3.05) is 18.8 Å². The number of rotatable bonds is 4. The lowest BCUT2D eigenvalue weighted by Crippen LogP contribution is -2.49. The molecule has 0 aromatic heterocycles. The Morgan fingerprint density at radius 2 is 1.85 bits per heavy atom. The molecule has 1 aliphatic heterocycles. The minimum Gasteiger partial charge on any atom is -0.354 e. The van der Waals surface area contributed by atoms with Gasteiger partial charge in [0.15, 0.2) is 9.84 Å². The molecular formula is C14H26N2O3S. The standard InChI is InChI=1S/C14H26N2O3S/c15-10-14(7-3-1-4-8-14)11-16-13(17)12-6-2-5-9-20(12,18)19/h12H,1-11,15H2,(H,16,17). The number of carbonyl (C=O) groups is 1. The first kappa shape index (κ1) is 15.8. The summed E-state index contributed by atoms with van der Waals surface area (Å²) in [5.74, 6) is -0.171. The van der Waals surface area contributed by atoms with Gasteiger partial charge in [-0.05, 0) is 37.6 Å². The van der Waals surface area contributed by atoms with Crippen molar-refractivity contribution in [2.45, 2.75) is 56.6 Å². The monoisotopic (exact) mass is 302 g/mol. The second-order valence-electron chi connectivity index (χ2n) is 6.33. The molecule has 1 unspecified atom stereocenters. The van der Waals surface area contributed by atoms with Crippen molar-refractivity contribution in [2.24, 2.45) is 11.1 Å². The molecule has 116 valence electrons. The highest BCUT2D eigenvalue weighted by molar-refractivity contribution is 7.92. The van der Waals surface area contributed by atoms with Crippen LogP contribution in [-0.2, 0) is 14.6 Å². The summed E-state index contributed by atoms with van der Waals surface area (Å²) in [4.78, 5) is 12.2. The first-order valence-corrected chi connectivity index (χ1v) is 9.40. The molecule has 20 heavy (non-hydrogen) atoms. The van der Waals surface area contributed by atoms with Crippen LogP contribution in [0.1, 0.15) is 51.4 Å². The van der Waals surface area contributed by atoms with E-state index in [0.29, 0.717) is 25.9 Å². The Balaban J connectivity index is 1.94. The van der Waals surface area contributed by atoms with Crippen LogP contribution in [0.25, 0.3) is 0 Å². The van der Waals surface area contributed by atoms with Gasteiger partial charge in [0.25, 0.3) is 0 Å². The summed E-state index contributed by atoms with van der Waals surface area (Å²) < 4.78 is 23.9. The molecule has 1 heterocycles. The van der Waals surface area contributed by atoms with Crippen molar-refractivity contribution >= 4 is 15.7 Å². The van der Waals surface area contributed by atoms with Gasteiger partial charge in [-0.2, -0.15) is 0 Å². The van der Waals surface area contributed by atoms with Crippen molar-refractivity contribution in [3.05, 3.63) is 0 Å². The fourth-order valence-corrected chi connectivity index (χ4v) is 5.22. The van der Waals surface area contributed by atoms with Crippen molar-refractivity contribution in [1.82, 2.24) is 5.32 Å². The Labute approximate surface area is 121 Å². The summed E-state index contributed by atoms with van der Waals surface area (Å²) in [5.41, 5.74) is 5.87. The van der Waals surface area contributed by atoms with E-state index in [4.69, 9.17) is 5.73 Å². The second-order valence-corrected chi connectivity index (χ2v) is 8.64. The summed E-state index contributed by atoms with van der Waals surface area (Å²) in [6.07, 6.45) is 7.54. The summed E-state index contributed by atoms with van der Waals surface area (Å²) in [6, 6.07) is 0. The summed E-state index contributed by atoms with van der Waals surface area (Å²) >= 11 is 0. The number of nitrogens with one attached hydrogen (secondary N) is 1. The molecule has 0 aromatic carbocycles. The van der Waals surface area contributed by atoms with E-state index in [0.717, 1.165) is 32.1 Å². The molecular weight excluding hydrogens is 276 g/mol. The Morgan fingerprint density at radius 1 is 1.15 bits per heavy atom. The van der Waals surface area contributed by atoms with E-state index >= 15 is 0 Å². The van der Waals surface area contributed by atoms with Crippen LogP contribution >= 0.6 is 0 Å². The van der Waals surface area contributed by atoms with Gasteiger partial charge in [0.1, 0.15) is 5.25 Å². The molecule has 3 N–H and O–H groups in total. The highest BCUT2D eigenvalue weighted by atomic mass is 32.2. The fraction of sp³-hybridized carbons (Fsp3) is 0.929. The zero-order valence-corrected chi connectivity index (χ0v) is 12.9. The van der Waals surface area contributed by atoms with Crippen molar-refractivity contribution in [3.8, 4) is 0 Å². The van der Waals surface area contributed by atoms with Gasteiger partial charge in [0, 0.05) is 6.54 Å². The van der Waals surface area contributed by atoms with Gasteiger partial charge >= 0.3 is 0 Å². The van der Waals surface area contributed by atoms with Crippen molar-refractivity contribution in [1.29, 1.82) is 0 Å². The highest BCUT2D eigenvalue weighted by Gasteiger charge is 2.37. The third-order valence-corrected chi connectivity index (χ3v) is 7.03. The second kappa shape index (κ2) is 6.43. The number of nitrogens with two attached hydrogens (primary N) is 1. The van der Waals surface area contributed by atoms with Gasteiger partial charge < -0.3 is 11.1 Å². The lowest BCUT2D eigenvalue weighted by atomic mass is 9.74. The van der Waals surface area contributed by atoms with E-state index in [1.54, 1.807) is 0 Å². The lowest BCUT2D eigenvalue weighted by Gasteiger charge is -2.36. The maximum Gasteiger partial charge on any atom is 0.238 e. The molecule has 1 saturated carbocycles. The van der Waals surface area contributed by atoms with E-state index in [9.17, 15) is 13.2 Å². The minimum atomic E-state index is -3.25. The average molecular weight is 302 g/mol. The molecule has 0 radical (unpaired) electrons. The summed E-state index contributed by atoms with van der Waals surface area (Å²) in [7, 11) is -3.25. The van der Waals surface area contributed by atoms with Crippen molar-refractivity contribution < 1.29 is 13.2 Å². The minimum absolute atomic E-state index is 0.0215. The molecule has 2 aliphatic rings. The van der Waals surface area contributed by atoms with Crippen LogP contribution in [0.15, 0.2) is 0 Å². The zero-order chi connectivity index (χ0) is 14.6. The van der Waals surface area contributed by atoms with Gasteiger partial charge in [-0.25, -0.2) is 8.42 Å². The Kier molecular flexibility index (Phi) is 5.07. The van der Waals surface area contributed by atoms with E-state index in [1.807, 2.05) is 0 Å². The number of amides is 1. The molecule has 1 amide bonds. The summed E-state index contributed by atoms with van der Waals surface area (Å²) in [5, 5.41) is 2.03. The van der Waals surface area contributed by atoms with Gasteiger partial charge in [0.2, 0.25) is 5.91 Å². The molecule has 0 bridgehead atoms. The maximum absolute atomic E-state index is 12.2. The molecule has 1 aliphatic carbocycles. The third-order valence-electron chi connectivity index (χ3n) is 4.86. The van der Waals surface area contributed by atoms with Gasteiger partial charge in [-0.15, -0.1) is 0 Å². The third kappa shape index (κ3) is 3.52. The first-order chi connectivity index (χ1) is 9.49. The van der Waals surface area contributed by atoms with Crippen LogP contribution < -0.4 is 11.1 Å².